The lowest BCUT2D eigenvalue weighted by Gasteiger charge is -2.37. The monoisotopic (exact) mass is 475 g/mol. The van der Waals surface area contributed by atoms with Crippen molar-refractivity contribution in [3.05, 3.63) is 66.2 Å². The predicted octanol–water partition coefficient (Wildman–Crippen LogP) is 3.05. The van der Waals surface area contributed by atoms with E-state index in [1.54, 1.807) is 7.11 Å². The van der Waals surface area contributed by atoms with Gasteiger partial charge in [0, 0.05) is 37.8 Å². The molecule has 3 heterocycles. The van der Waals surface area contributed by atoms with Gasteiger partial charge in [-0.15, -0.1) is 0 Å². The first-order valence-electron chi connectivity index (χ1n) is 11.5. The summed E-state index contributed by atoms with van der Waals surface area (Å²) in [5.41, 5.74) is 2.22. The molecule has 0 N–H and O–H groups in total. The van der Waals surface area contributed by atoms with Crippen molar-refractivity contribution in [2.45, 2.75) is 19.4 Å². The highest BCUT2D eigenvalue weighted by Crippen LogP contribution is 2.28. The number of anilines is 2. The number of aryl methyl sites for hydroxylation is 1. The van der Waals surface area contributed by atoms with Crippen LogP contribution in [-0.2, 0) is 9.59 Å². The van der Waals surface area contributed by atoms with Gasteiger partial charge in [0.15, 0.2) is 0 Å². The summed E-state index contributed by atoms with van der Waals surface area (Å²) in [6.07, 6.45) is 0.129. The highest BCUT2D eigenvalue weighted by atomic mass is 19.1. The Morgan fingerprint density at radius 3 is 2.29 bits per heavy atom. The van der Waals surface area contributed by atoms with Crippen molar-refractivity contribution in [2.24, 2.45) is 0 Å². The summed E-state index contributed by atoms with van der Waals surface area (Å²) in [7, 11) is 1.64. The molecule has 2 fully saturated rings. The van der Waals surface area contributed by atoms with Gasteiger partial charge in [-0.25, -0.2) is 19.3 Å². The number of halogens is 1. The number of carbonyl (C=O) groups excluding carboxylic acids is 2. The zero-order chi connectivity index (χ0) is 24.5. The second kappa shape index (κ2) is 9.42. The van der Waals surface area contributed by atoms with Crippen LogP contribution < -0.4 is 14.5 Å². The summed E-state index contributed by atoms with van der Waals surface area (Å²) in [5.74, 6) is 1.38. The first-order chi connectivity index (χ1) is 16.9. The number of methoxy groups -OCH3 is 1. The van der Waals surface area contributed by atoms with Gasteiger partial charge in [-0.2, -0.15) is 0 Å². The largest absolute Gasteiger partial charge is 0.497 e. The number of hydrogen-bond donors (Lipinski definition) is 0. The molecular formula is C26H26FN5O3. The second-order valence-corrected chi connectivity index (χ2v) is 8.67. The molecule has 1 aromatic heterocycles. The average Bonchev–Trinajstić information content (AvgIpc) is 3.18. The lowest BCUT2D eigenvalue weighted by Crippen LogP contribution is -2.52. The van der Waals surface area contributed by atoms with Crippen LogP contribution in [0.5, 0.6) is 5.75 Å². The van der Waals surface area contributed by atoms with Crippen LogP contribution in [0.15, 0.2) is 54.6 Å². The smallest absolute Gasteiger partial charge is 0.251 e. The average molecular weight is 476 g/mol. The third-order valence-corrected chi connectivity index (χ3v) is 6.50. The molecule has 0 radical (unpaired) electrons. The van der Waals surface area contributed by atoms with E-state index < -0.39 is 11.9 Å². The van der Waals surface area contributed by atoms with E-state index in [-0.39, 0.29) is 18.2 Å². The van der Waals surface area contributed by atoms with E-state index in [2.05, 4.69) is 19.8 Å². The molecule has 180 valence electrons. The Kier molecular flexibility index (Phi) is 6.17. The summed E-state index contributed by atoms with van der Waals surface area (Å²) in [6.45, 7) is 4.48. The molecule has 5 rings (SSSR count). The van der Waals surface area contributed by atoms with Crippen LogP contribution in [0, 0.1) is 12.7 Å². The van der Waals surface area contributed by atoms with Crippen LogP contribution in [0.3, 0.4) is 0 Å². The van der Waals surface area contributed by atoms with Gasteiger partial charge in [0.25, 0.3) is 5.91 Å². The number of aromatic nitrogens is 2. The Hall–Kier alpha value is -3.85. The van der Waals surface area contributed by atoms with Gasteiger partial charge in [-0.1, -0.05) is 0 Å². The molecular weight excluding hydrogens is 449 g/mol. The van der Waals surface area contributed by atoms with Crippen LogP contribution in [0.2, 0.25) is 0 Å². The topological polar surface area (TPSA) is 78.9 Å². The van der Waals surface area contributed by atoms with E-state index in [0.29, 0.717) is 37.7 Å². The van der Waals surface area contributed by atoms with Crippen LogP contribution in [0.25, 0.3) is 11.3 Å². The van der Waals surface area contributed by atoms with E-state index in [1.165, 1.54) is 29.2 Å². The lowest BCUT2D eigenvalue weighted by atomic mass is 10.1. The molecule has 0 aliphatic carbocycles. The molecule has 8 nitrogen and oxygen atoms in total. The number of amides is 2. The summed E-state index contributed by atoms with van der Waals surface area (Å²) >= 11 is 0. The van der Waals surface area contributed by atoms with Crippen LogP contribution in [-0.4, -0.2) is 66.0 Å². The highest BCUT2D eigenvalue weighted by molar-refractivity contribution is 6.22. The van der Waals surface area contributed by atoms with Gasteiger partial charge in [0.2, 0.25) is 5.91 Å². The minimum Gasteiger partial charge on any atom is -0.497 e. The molecule has 0 bridgehead atoms. The molecule has 0 spiro atoms. The molecule has 9 heteroatoms. The number of rotatable bonds is 5. The fraction of sp³-hybridized carbons (Fsp3) is 0.308. The van der Waals surface area contributed by atoms with Crippen molar-refractivity contribution in [2.75, 3.05) is 43.1 Å². The standard InChI is InChI=1S/C26H26FN5O3/c1-17-28-22(18-3-9-21(35-2)10-4-18)15-24(29-17)31-13-11-30(12-14-31)23-16-25(33)32(26(23)34)20-7-5-19(27)6-8-20/h3-10,15,23H,11-14,16H2,1-2H3/t23-/m1/s1. The minimum atomic E-state index is -0.503. The van der Waals surface area contributed by atoms with Crippen molar-refractivity contribution in [1.29, 1.82) is 0 Å². The van der Waals surface area contributed by atoms with E-state index in [0.717, 1.165) is 22.8 Å². The summed E-state index contributed by atoms with van der Waals surface area (Å²) in [5, 5.41) is 0. The van der Waals surface area contributed by atoms with Crippen LogP contribution in [0.1, 0.15) is 12.2 Å². The van der Waals surface area contributed by atoms with Crippen molar-refractivity contribution in [3.8, 4) is 17.0 Å². The van der Waals surface area contributed by atoms with Gasteiger partial charge < -0.3 is 9.64 Å². The SMILES string of the molecule is COc1ccc(-c2cc(N3CCN([C@@H]4CC(=O)N(c5ccc(F)cc5)C4=O)CC3)nc(C)n2)cc1. The third-order valence-electron chi connectivity index (χ3n) is 6.50. The number of nitrogens with zero attached hydrogens (tertiary/aromatic N) is 5. The number of benzene rings is 2. The summed E-state index contributed by atoms with van der Waals surface area (Å²) in [6, 6.07) is 14.7. The maximum atomic E-state index is 13.3. The van der Waals surface area contributed by atoms with Crippen LogP contribution in [0.4, 0.5) is 15.9 Å². The minimum absolute atomic E-state index is 0.129. The Morgan fingerprint density at radius 2 is 1.63 bits per heavy atom. The zero-order valence-electron chi connectivity index (χ0n) is 19.6. The van der Waals surface area contributed by atoms with Crippen molar-refractivity contribution in [3.63, 3.8) is 0 Å². The van der Waals surface area contributed by atoms with Crippen LogP contribution >= 0.6 is 0 Å². The molecule has 2 aliphatic rings. The Bertz CT molecular complexity index is 1240. The van der Waals surface area contributed by atoms with E-state index in [4.69, 9.17) is 4.74 Å². The zero-order valence-corrected chi connectivity index (χ0v) is 19.6. The Balaban J connectivity index is 1.27. The molecule has 0 unspecified atom stereocenters. The van der Waals surface area contributed by atoms with E-state index in [1.807, 2.05) is 37.3 Å². The molecule has 0 saturated carbocycles. The summed E-state index contributed by atoms with van der Waals surface area (Å²) < 4.78 is 18.5. The lowest BCUT2D eigenvalue weighted by molar-refractivity contribution is -0.123. The molecule has 35 heavy (non-hydrogen) atoms. The Labute approximate surface area is 203 Å². The summed E-state index contributed by atoms with van der Waals surface area (Å²) in [4.78, 5) is 40.3. The number of piperazine rings is 1. The maximum absolute atomic E-state index is 13.3. The van der Waals surface area contributed by atoms with Gasteiger partial charge in [-0.3, -0.25) is 14.5 Å². The Morgan fingerprint density at radius 1 is 0.943 bits per heavy atom. The second-order valence-electron chi connectivity index (χ2n) is 8.67. The van der Waals surface area contributed by atoms with Crippen molar-refractivity contribution in [1.82, 2.24) is 14.9 Å². The molecule has 1 atom stereocenters. The molecule has 2 aromatic carbocycles. The normalized spacial score (nSPS) is 18.9. The quantitative estimate of drug-likeness (QED) is 0.525. The van der Waals surface area contributed by atoms with E-state index in [9.17, 15) is 14.0 Å². The van der Waals surface area contributed by atoms with Gasteiger partial charge in [0.1, 0.15) is 23.2 Å². The highest BCUT2D eigenvalue weighted by Gasteiger charge is 2.43. The number of ether oxygens (including phenoxy) is 1. The predicted molar refractivity (Wildman–Crippen MR) is 130 cm³/mol. The fourth-order valence-electron chi connectivity index (χ4n) is 4.65. The van der Waals surface area contributed by atoms with Crippen molar-refractivity contribution < 1.29 is 18.7 Å². The number of imide groups is 1. The number of hydrogen-bond acceptors (Lipinski definition) is 7. The van der Waals surface area contributed by atoms with Gasteiger partial charge in [-0.05, 0) is 55.5 Å². The molecule has 2 amide bonds. The van der Waals surface area contributed by atoms with Crippen molar-refractivity contribution >= 4 is 23.3 Å². The molecule has 2 saturated heterocycles. The van der Waals surface area contributed by atoms with E-state index >= 15 is 0 Å². The molecule has 2 aliphatic heterocycles. The first-order valence-corrected chi connectivity index (χ1v) is 11.5. The molecule has 3 aromatic rings. The number of carbonyl (C=O) groups is 2. The maximum Gasteiger partial charge on any atom is 0.251 e. The van der Waals surface area contributed by atoms with Gasteiger partial charge in [0.05, 0.1) is 31.0 Å². The fourth-order valence-corrected chi connectivity index (χ4v) is 4.65. The first kappa shape index (κ1) is 22.9. The third kappa shape index (κ3) is 4.59. The van der Waals surface area contributed by atoms with Gasteiger partial charge >= 0.3 is 0 Å².